The van der Waals surface area contributed by atoms with E-state index in [1.165, 1.54) is 19.3 Å². The maximum absolute atomic E-state index is 12.1. The van der Waals surface area contributed by atoms with E-state index in [4.69, 9.17) is 9.52 Å². The van der Waals surface area contributed by atoms with Crippen LogP contribution < -0.4 is 5.56 Å². The fourth-order valence-corrected chi connectivity index (χ4v) is 1.88. The molecule has 6 nitrogen and oxygen atoms in total. The van der Waals surface area contributed by atoms with Gasteiger partial charge in [0, 0.05) is 17.3 Å². The van der Waals surface area contributed by atoms with E-state index in [0.717, 1.165) is 10.6 Å². The van der Waals surface area contributed by atoms with Crippen molar-refractivity contribution in [3.05, 3.63) is 51.6 Å². The van der Waals surface area contributed by atoms with Gasteiger partial charge in [0.15, 0.2) is 5.78 Å². The molecule has 0 aliphatic carbocycles. The zero-order valence-corrected chi connectivity index (χ0v) is 10.3. The summed E-state index contributed by atoms with van der Waals surface area (Å²) in [6.07, 6.45) is 1.36. The number of aromatic carboxylic acids is 1. The highest BCUT2D eigenvalue weighted by atomic mass is 16.4. The number of hydrogen-bond acceptors (Lipinski definition) is 4. The average molecular weight is 261 g/mol. The Morgan fingerprint density at radius 1 is 1.32 bits per heavy atom. The molecule has 0 bridgehead atoms. The first-order valence-electron chi connectivity index (χ1n) is 5.48. The van der Waals surface area contributed by atoms with E-state index in [1.807, 2.05) is 0 Å². The predicted octanol–water partition coefficient (Wildman–Crippen LogP) is 1.64. The van der Waals surface area contributed by atoms with Crippen molar-refractivity contribution in [3.8, 4) is 5.88 Å². The highest BCUT2D eigenvalue weighted by Crippen LogP contribution is 2.15. The molecule has 0 saturated heterocycles. The molecule has 19 heavy (non-hydrogen) atoms. The van der Waals surface area contributed by atoms with Gasteiger partial charge < -0.3 is 9.52 Å². The monoisotopic (exact) mass is 261 g/mol. The van der Waals surface area contributed by atoms with E-state index < -0.39 is 17.1 Å². The summed E-state index contributed by atoms with van der Waals surface area (Å²) in [5, 5.41) is 9.03. The van der Waals surface area contributed by atoms with Gasteiger partial charge in [-0.3, -0.25) is 9.59 Å². The third-order valence-electron chi connectivity index (χ3n) is 2.78. The number of ketones is 1. The number of rotatable bonds is 3. The van der Waals surface area contributed by atoms with Gasteiger partial charge in [0.1, 0.15) is 5.56 Å². The van der Waals surface area contributed by atoms with E-state index in [-0.39, 0.29) is 17.2 Å². The molecule has 0 aliphatic heterocycles. The number of carboxylic acid groups (broad SMARTS) is 1. The molecule has 1 N–H and O–H groups in total. The van der Waals surface area contributed by atoms with E-state index >= 15 is 0 Å². The highest BCUT2D eigenvalue weighted by Gasteiger charge is 2.20. The van der Waals surface area contributed by atoms with Crippen LogP contribution in [0.1, 0.15) is 33.3 Å². The van der Waals surface area contributed by atoms with E-state index in [9.17, 15) is 14.4 Å². The summed E-state index contributed by atoms with van der Waals surface area (Å²) in [4.78, 5) is 34.7. The second-order valence-corrected chi connectivity index (χ2v) is 4.01. The van der Waals surface area contributed by atoms with Crippen molar-refractivity contribution in [1.82, 2.24) is 4.57 Å². The summed E-state index contributed by atoms with van der Waals surface area (Å²) in [5.41, 5.74) is -0.678. The summed E-state index contributed by atoms with van der Waals surface area (Å²) in [6.45, 7) is 2.87. The third-order valence-corrected chi connectivity index (χ3v) is 2.78. The second kappa shape index (κ2) is 4.56. The number of nitrogens with zero attached hydrogens (tertiary/aromatic N) is 1. The smallest absolute Gasteiger partial charge is 0.341 e. The number of carbonyl (C=O) groups excluding carboxylic acids is 1. The fraction of sp³-hybridized carbons (Fsp3) is 0.154. The summed E-state index contributed by atoms with van der Waals surface area (Å²) < 4.78 is 6.19. The first-order valence-corrected chi connectivity index (χ1v) is 5.48. The summed E-state index contributed by atoms with van der Waals surface area (Å²) in [5.74, 6) is -1.53. The van der Waals surface area contributed by atoms with Crippen molar-refractivity contribution in [3.63, 3.8) is 0 Å². The Balaban J connectivity index is 2.89. The second-order valence-electron chi connectivity index (χ2n) is 4.01. The minimum absolute atomic E-state index is 0.174. The maximum Gasteiger partial charge on any atom is 0.341 e. The third kappa shape index (κ3) is 2.08. The molecule has 2 aromatic heterocycles. The molecule has 0 saturated carbocycles. The number of Topliss-reactive ketones (excluding diaryl/α,β-unsaturated/α-hetero) is 1. The van der Waals surface area contributed by atoms with Crippen molar-refractivity contribution >= 4 is 11.8 Å². The molecule has 0 aliphatic rings. The lowest BCUT2D eigenvalue weighted by molar-refractivity contribution is 0.0694. The topological polar surface area (TPSA) is 89.5 Å². The van der Waals surface area contributed by atoms with Gasteiger partial charge in [-0.2, -0.15) is 0 Å². The molecule has 0 radical (unpaired) electrons. The Hall–Kier alpha value is -2.63. The van der Waals surface area contributed by atoms with Crippen LogP contribution in [0.3, 0.4) is 0 Å². The van der Waals surface area contributed by atoms with Gasteiger partial charge in [0.25, 0.3) is 5.56 Å². The van der Waals surface area contributed by atoms with Crippen LogP contribution in [0, 0.1) is 6.92 Å². The predicted molar refractivity (Wildman–Crippen MR) is 66.0 cm³/mol. The first-order chi connectivity index (χ1) is 8.93. The molecule has 0 unspecified atom stereocenters. The lowest BCUT2D eigenvalue weighted by Crippen LogP contribution is -2.28. The molecular weight excluding hydrogens is 250 g/mol. The highest BCUT2D eigenvalue weighted by molar-refractivity contribution is 5.98. The average Bonchev–Trinajstić information content (AvgIpc) is 2.81. The summed E-state index contributed by atoms with van der Waals surface area (Å²) >= 11 is 0. The first kappa shape index (κ1) is 12.8. The molecule has 2 aromatic rings. The van der Waals surface area contributed by atoms with Gasteiger partial charge in [0.05, 0.1) is 6.26 Å². The molecule has 0 atom stereocenters. The van der Waals surface area contributed by atoms with Crippen LogP contribution in [0.2, 0.25) is 0 Å². The minimum Gasteiger partial charge on any atom is -0.477 e. The van der Waals surface area contributed by atoms with Crippen molar-refractivity contribution < 1.29 is 19.1 Å². The van der Waals surface area contributed by atoms with Crippen LogP contribution in [0.25, 0.3) is 5.88 Å². The van der Waals surface area contributed by atoms with Crippen LogP contribution in [-0.2, 0) is 0 Å². The van der Waals surface area contributed by atoms with Gasteiger partial charge in [0.2, 0.25) is 5.88 Å². The molecule has 2 rings (SSSR count). The molecule has 6 heteroatoms. The van der Waals surface area contributed by atoms with E-state index in [1.54, 1.807) is 13.0 Å². The van der Waals surface area contributed by atoms with Crippen molar-refractivity contribution in [2.45, 2.75) is 13.8 Å². The van der Waals surface area contributed by atoms with E-state index in [2.05, 4.69) is 0 Å². The summed E-state index contributed by atoms with van der Waals surface area (Å²) in [7, 11) is 0. The van der Waals surface area contributed by atoms with Crippen LogP contribution in [0.5, 0.6) is 0 Å². The van der Waals surface area contributed by atoms with Gasteiger partial charge in [-0.25, -0.2) is 9.36 Å². The minimum atomic E-state index is -1.38. The molecule has 0 spiro atoms. The zero-order chi connectivity index (χ0) is 14.2. The Morgan fingerprint density at radius 3 is 2.47 bits per heavy atom. The molecule has 0 amide bonds. The van der Waals surface area contributed by atoms with Crippen molar-refractivity contribution in [2.24, 2.45) is 0 Å². The number of hydrogen-bond donors (Lipinski definition) is 1. The van der Waals surface area contributed by atoms with Gasteiger partial charge >= 0.3 is 5.97 Å². The van der Waals surface area contributed by atoms with Gasteiger partial charge in [-0.15, -0.1) is 0 Å². The molecule has 98 valence electrons. The number of furan rings is 1. The molecule has 2 heterocycles. The lowest BCUT2D eigenvalue weighted by Gasteiger charge is -2.11. The number of aromatic nitrogens is 1. The van der Waals surface area contributed by atoms with Crippen molar-refractivity contribution in [2.75, 3.05) is 0 Å². The summed E-state index contributed by atoms with van der Waals surface area (Å²) in [6, 6.07) is 4.19. The van der Waals surface area contributed by atoms with Crippen LogP contribution in [0.4, 0.5) is 0 Å². The molecule has 0 fully saturated rings. The van der Waals surface area contributed by atoms with Crippen molar-refractivity contribution in [1.29, 1.82) is 0 Å². The van der Waals surface area contributed by atoms with Crippen LogP contribution >= 0.6 is 0 Å². The van der Waals surface area contributed by atoms with Gasteiger partial charge in [-0.05, 0) is 26.0 Å². The van der Waals surface area contributed by atoms with Crippen LogP contribution in [-0.4, -0.2) is 21.4 Å². The quantitative estimate of drug-likeness (QED) is 0.848. The van der Waals surface area contributed by atoms with Crippen LogP contribution in [0.15, 0.2) is 33.7 Å². The number of pyridine rings is 1. The zero-order valence-electron chi connectivity index (χ0n) is 10.3. The Kier molecular flexibility index (Phi) is 3.08. The maximum atomic E-state index is 12.1. The number of carbonyl (C=O) groups is 2. The Morgan fingerprint density at radius 2 is 2.00 bits per heavy atom. The lowest BCUT2D eigenvalue weighted by atomic mass is 10.1. The Bertz CT molecular complexity index is 709. The molecular formula is C13H11NO5. The van der Waals surface area contributed by atoms with Gasteiger partial charge in [-0.1, -0.05) is 0 Å². The van der Waals surface area contributed by atoms with E-state index in [0.29, 0.717) is 5.69 Å². The standard InChI is InChI=1S/C13H11NO5/c1-7-9(8(2)15)6-10(13(17)18)12(16)14(7)11-4-3-5-19-11/h3-6H,1-2H3,(H,17,18). The molecule has 0 aromatic carbocycles. The largest absolute Gasteiger partial charge is 0.477 e. The normalized spacial score (nSPS) is 10.4. The number of carboxylic acids is 1. The Labute approximate surface area is 107 Å². The fourth-order valence-electron chi connectivity index (χ4n) is 1.88. The SMILES string of the molecule is CC(=O)c1cc(C(=O)O)c(=O)n(-c2ccco2)c1C.